The third-order valence-electron chi connectivity index (χ3n) is 9.83. The Hall–Kier alpha value is -7.04. The highest BCUT2D eigenvalue weighted by atomic mass is 16.3. The summed E-state index contributed by atoms with van der Waals surface area (Å²) in [5, 5.41) is 6.58. The molecule has 2 aromatic heterocycles. The van der Waals surface area contributed by atoms with E-state index >= 15 is 0 Å². The van der Waals surface area contributed by atoms with Crippen LogP contribution < -0.4 is 4.90 Å². The van der Waals surface area contributed by atoms with Crippen LogP contribution in [0.2, 0.25) is 0 Å². The fourth-order valence-corrected chi connectivity index (χ4v) is 7.37. The molecule has 0 N–H and O–H groups in total. The van der Waals surface area contributed by atoms with Crippen LogP contribution in [0, 0.1) is 0 Å². The van der Waals surface area contributed by atoms with Gasteiger partial charge in [0.05, 0.1) is 17.1 Å². The van der Waals surface area contributed by atoms with E-state index < -0.39 is 0 Å². The van der Waals surface area contributed by atoms with Crippen LogP contribution in [-0.4, -0.2) is 9.97 Å². The lowest BCUT2D eigenvalue weighted by Crippen LogP contribution is -2.10. The van der Waals surface area contributed by atoms with Crippen molar-refractivity contribution >= 4 is 60.5 Å². The minimum atomic E-state index is 0.689. The number of para-hydroxylation sites is 2. The molecule has 0 bridgehead atoms. The topological polar surface area (TPSA) is 42.2 Å². The Bertz CT molecular complexity index is 2840. The van der Waals surface area contributed by atoms with E-state index in [1.807, 2.05) is 36.4 Å². The maximum absolute atomic E-state index is 7.01. The summed E-state index contributed by atoms with van der Waals surface area (Å²) >= 11 is 0. The lowest BCUT2D eigenvalue weighted by molar-refractivity contribution is 0.673. The average molecular weight is 666 g/mol. The molecule has 0 saturated carbocycles. The molecule has 0 amide bonds. The summed E-state index contributed by atoms with van der Waals surface area (Å²) in [6.07, 6.45) is 0. The zero-order valence-corrected chi connectivity index (χ0v) is 28.1. The first-order valence-electron chi connectivity index (χ1n) is 17.5. The number of anilines is 3. The highest BCUT2D eigenvalue weighted by Gasteiger charge is 2.22. The third kappa shape index (κ3) is 5.09. The zero-order chi connectivity index (χ0) is 34.4. The Balaban J connectivity index is 1.23. The predicted molar refractivity (Wildman–Crippen MR) is 215 cm³/mol. The van der Waals surface area contributed by atoms with Crippen LogP contribution >= 0.6 is 0 Å². The molecule has 2 heterocycles. The van der Waals surface area contributed by atoms with Crippen molar-refractivity contribution in [3.05, 3.63) is 188 Å². The summed E-state index contributed by atoms with van der Waals surface area (Å²) in [5.74, 6) is 0.689. The second-order valence-corrected chi connectivity index (χ2v) is 13.0. The quantitative estimate of drug-likeness (QED) is 0.177. The van der Waals surface area contributed by atoms with Gasteiger partial charge in [-0.2, -0.15) is 0 Å². The Morgan fingerprint density at radius 2 is 1.00 bits per heavy atom. The Labute approximate surface area is 300 Å². The summed E-state index contributed by atoms with van der Waals surface area (Å²) in [7, 11) is 0. The first kappa shape index (κ1) is 29.8. The first-order valence-corrected chi connectivity index (χ1v) is 17.5. The second kappa shape index (κ2) is 12.4. The number of furan rings is 1. The third-order valence-corrected chi connectivity index (χ3v) is 9.83. The van der Waals surface area contributed by atoms with Crippen LogP contribution in [0.15, 0.2) is 192 Å². The summed E-state index contributed by atoms with van der Waals surface area (Å²) < 4.78 is 7.01. The number of nitrogens with zero attached hydrogens (tertiary/aromatic N) is 3. The van der Waals surface area contributed by atoms with Gasteiger partial charge in [-0.15, -0.1) is 0 Å². The van der Waals surface area contributed by atoms with Gasteiger partial charge in [-0.25, -0.2) is 9.97 Å². The van der Waals surface area contributed by atoms with E-state index in [9.17, 15) is 0 Å². The molecular weight excluding hydrogens is 635 g/mol. The van der Waals surface area contributed by atoms with Crippen molar-refractivity contribution in [3.8, 4) is 33.9 Å². The molecule has 52 heavy (non-hydrogen) atoms. The van der Waals surface area contributed by atoms with E-state index in [2.05, 4.69) is 157 Å². The maximum Gasteiger partial charge on any atom is 0.160 e. The Morgan fingerprint density at radius 1 is 0.385 bits per heavy atom. The standard InChI is InChI=1S/C48H31N3O/c1-4-16-33(17-5-1)43-31-44(50-48(49-43)34-18-6-2-7-19-34)41-30-42-40-25-14-26-45(47(40)52-46(42)39-24-13-12-23-38(39)41)51(36-21-8-3-9-22-36)37-28-27-32-15-10-11-20-35(32)29-37/h1-31H. The van der Waals surface area contributed by atoms with Crippen LogP contribution in [0.1, 0.15) is 0 Å². The van der Waals surface area contributed by atoms with Crippen molar-refractivity contribution in [1.29, 1.82) is 0 Å². The van der Waals surface area contributed by atoms with Gasteiger partial charge < -0.3 is 9.32 Å². The Kier molecular flexibility index (Phi) is 7.10. The molecule has 0 aliphatic carbocycles. The van der Waals surface area contributed by atoms with E-state index in [0.717, 1.165) is 77.9 Å². The summed E-state index contributed by atoms with van der Waals surface area (Å²) in [6, 6.07) is 65.4. The SMILES string of the molecule is c1ccc(-c2cc(-c3cc4c5cccc(N(c6ccccc6)c6ccc7ccccc7c6)c5oc4c4ccccc34)nc(-c3ccccc3)n2)cc1. The van der Waals surface area contributed by atoms with Crippen molar-refractivity contribution in [2.45, 2.75) is 0 Å². The van der Waals surface area contributed by atoms with Gasteiger partial charge in [-0.1, -0.05) is 146 Å². The number of aromatic nitrogens is 2. The smallest absolute Gasteiger partial charge is 0.160 e. The molecule has 0 aliphatic rings. The van der Waals surface area contributed by atoms with E-state index in [-0.39, 0.29) is 0 Å². The van der Waals surface area contributed by atoms with Crippen LogP contribution in [0.25, 0.3) is 77.4 Å². The molecule has 10 aromatic rings. The lowest BCUT2D eigenvalue weighted by Gasteiger charge is -2.25. The largest absolute Gasteiger partial charge is 0.453 e. The van der Waals surface area contributed by atoms with Gasteiger partial charge in [0.2, 0.25) is 0 Å². The minimum Gasteiger partial charge on any atom is -0.453 e. The molecule has 8 aromatic carbocycles. The van der Waals surface area contributed by atoms with Crippen molar-refractivity contribution < 1.29 is 4.42 Å². The van der Waals surface area contributed by atoms with Crippen molar-refractivity contribution in [2.75, 3.05) is 4.90 Å². The predicted octanol–water partition coefficient (Wildman–Crippen LogP) is 13.2. The molecular formula is C48H31N3O. The molecule has 0 atom stereocenters. The molecule has 4 nitrogen and oxygen atoms in total. The molecule has 0 fully saturated rings. The fourth-order valence-electron chi connectivity index (χ4n) is 7.37. The van der Waals surface area contributed by atoms with E-state index in [0.29, 0.717) is 5.82 Å². The molecule has 244 valence electrons. The molecule has 10 rings (SSSR count). The van der Waals surface area contributed by atoms with Gasteiger partial charge >= 0.3 is 0 Å². The number of benzene rings is 8. The molecule has 0 radical (unpaired) electrons. The van der Waals surface area contributed by atoms with Gasteiger partial charge in [0.1, 0.15) is 5.58 Å². The van der Waals surface area contributed by atoms with Crippen LogP contribution in [0.5, 0.6) is 0 Å². The number of hydrogen-bond donors (Lipinski definition) is 0. The normalized spacial score (nSPS) is 11.5. The fraction of sp³-hybridized carbons (Fsp3) is 0. The van der Waals surface area contributed by atoms with Crippen molar-refractivity contribution in [3.63, 3.8) is 0 Å². The monoisotopic (exact) mass is 665 g/mol. The molecule has 0 spiro atoms. The van der Waals surface area contributed by atoms with E-state index in [4.69, 9.17) is 14.4 Å². The van der Waals surface area contributed by atoms with Gasteiger partial charge in [0, 0.05) is 44.2 Å². The zero-order valence-electron chi connectivity index (χ0n) is 28.1. The van der Waals surface area contributed by atoms with Crippen molar-refractivity contribution in [2.24, 2.45) is 0 Å². The van der Waals surface area contributed by atoms with Gasteiger partial charge in [0.15, 0.2) is 11.4 Å². The summed E-state index contributed by atoms with van der Waals surface area (Å²) in [5.41, 5.74) is 9.55. The minimum absolute atomic E-state index is 0.689. The highest BCUT2D eigenvalue weighted by Crippen LogP contribution is 2.45. The number of hydrogen-bond acceptors (Lipinski definition) is 4. The number of fused-ring (bicyclic) bond motifs is 6. The molecule has 0 unspecified atom stereocenters. The van der Waals surface area contributed by atoms with Crippen molar-refractivity contribution in [1.82, 2.24) is 9.97 Å². The first-order chi connectivity index (χ1) is 25.8. The summed E-state index contributed by atoms with van der Waals surface area (Å²) in [6.45, 7) is 0. The molecule has 0 aliphatic heterocycles. The van der Waals surface area contributed by atoms with Crippen LogP contribution in [0.4, 0.5) is 17.1 Å². The maximum atomic E-state index is 7.01. The van der Waals surface area contributed by atoms with E-state index in [1.165, 1.54) is 10.8 Å². The van der Waals surface area contributed by atoms with Gasteiger partial charge in [-0.3, -0.25) is 0 Å². The van der Waals surface area contributed by atoms with Crippen LogP contribution in [0.3, 0.4) is 0 Å². The van der Waals surface area contributed by atoms with E-state index in [1.54, 1.807) is 0 Å². The molecule has 0 saturated heterocycles. The number of rotatable bonds is 6. The van der Waals surface area contributed by atoms with Crippen LogP contribution in [-0.2, 0) is 0 Å². The van der Waals surface area contributed by atoms with Gasteiger partial charge in [-0.05, 0) is 58.6 Å². The molecule has 4 heteroatoms. The lowest BCUT2D eigenvalue weighted by atomic mass is 9.97. The average Bonchev–Trinajstić information content (AvgIpc) is 3.61. The Morgan fingerprint density at radius 3 is 1.79 bits per heavy atom. The van der Waals surface area contributed by atoms with Gasteiger partial charge in [0.25, 0.3) is 0 Å². The summed E-state index contributed by atoms with van der Waals surface area (Å²) in [4.78, 5) is 12.6. The highest BCUT2D eigenvalue weighted by molar-refractivity contribution is 6.21. The second-order valence-electron chi connectivity index (χ2n) is 13.0.